The molecule has 0 radical (unpaired) electrons. The lowest BCUT2D eigenvalue weighted by Gasteiger charge is -2.08. The van der Waals surface area contributed by atoms with Gasteiger partial charge in [-0.15, -0.1) is 0 Å². The molecule has 2 aromatic heterocycles. The predicted octanol–water partition coefficient (Wildman–Crippen LogP) is 7.30. The first-order valence-corrected chi connectivity index (χ1v) is 9.63. The lowest BCUT2D eigenvalue weighted by molar-refractivity contribution is 0.672. The van der Waals surface area contributed by atoms with Crippen molar-refractivity contribution in [1.82, 2.24) is 4.57 Å². The average Bonchev–Trinajstić information content (AvgIpc) is 3.23. The van der Waals surface area contributed by atoms with Crippen molar-refractivity contribution in [3.8, 4) is 5.69 Å². The van der Waals surface area contributed by atoms with Crippen LogP contribution in [0.2, 0.25) is 0 Å². The summed E-state index contributed by atoms with van der Waals surface area (Å²) >= 11 is 0. The minimum Gasteiger partial charge on any atom is -0.455 e. The molecular weight excluding hydrogens is 342 g/mol. The van der Waals surface area contributed by atoms with Gasteiger partial charge in [-0.2, -0.15) is 0 Å². The third-order valence-electron chi connectivity index (χ3n) is 5.72. The summed E-state index contributed by atoms with van der Waals surface area (Å²) < 4.78 is 8.74. The Morgan fingerprint density at radius 3 is 2.25 bits per heavy atom. The van der Waals surface area contributed by atoms with Crippen molar-refractivity contribution in [1.29, 1.82) is 0 Å². The molecule has 4 aromatic carbocycles. The number of nitrogens with zero attached hydrogens (tertiary/aromatic N) is 1. The molecule has 0 amide bonds. The first kappa shape index (κ1) is 15.5. The van der Waals surface area contributed by atoms with Crippen LogP contribution in [0.25, 0.3) is 49.4 Å². The van der Waals surface area contributed by atoms with Gasteiger partial charge in [0.2, 0.25) is 0 Å². The quantitative estimate of drug-likeness (QED) is 0.300. The van der Waals surface area contributed by atoms with Gasteiger partial charge < -0.3 is 8.98 Å². The van der Waals surface area contributed by atoms with Crippen molar-refractivity contribution in [3.63, 3.8) is 0 Å². The van der Waals surface area contributed by atoms with Gasteiger partial charge in [-0.25, -0.2) is 0 Å². The highest BCUT2D eigenvalue weighted by Crippen LogP contribution is 2.40. The number of aromatic nitrogens is 1. The number of furan rings is 1. The minimum atomic E-state index is 0.953. The molecular formula is C26H19NO. The van der Waals surface area contributed by atoms with E-state index in [-0.39, 0.29) is 0 Å². The van der Waals surface area contributed by atoms with Crippen molar-refractivity contribution in [2.24, 2.45) is 0 Å². The normalized spacial score (nSPS) is 11.9. The maximum Gasteiger partial charge on any atom is 0.145 e. The zero-order valence-electron chi connectivity index (χ0n) is 15.9. The van der Waals surface area contributed by atoms with E-state index in [0.29, 0.717) is 0 Å². The van der Waals surface area contributed by atoms with Crippen LogP contribution in [-0.2, 0) is 0 Å². The molecule has 0 spiro atoms. The van der Waals surface area contributed by atoms with Gasteiger partial charge in [-0.1, -0.05) is 48.0 Å². The molecule has 28 heavy (non-hydrogen) atoms. The zero-order valence-corrected chi connectivity index (χ0v) is 15.9. The van der Waals surface area contributed by atoms with E-state index in [4.69, 9.17) is 4.42 Å². The van der Waals surface area contributed by atoms with E-state index < -0.39 is 0 Å². The standard InChI is InChI=1S/C26H19NO/c1-16-7-10-18(11-8-16)27-22-6-4-3-5-21(22)25-23(27)14-13-20-19-12-9-17(2)15-24(19)28-26(20)25/h3-15H,1-2H3. The highest BCUT2D eigenvalue weighted by atomic mass is 16.3. The largest absolute Gasteiger partial charge is 0.455 e. The second-order valence-electron chi connectivity index (χ2n) is 7.63. The van der Waals surface area contributed by atoms with Crippen LogP contribution in [0.4, 0.5) is 0 Å². The summed E-state index contributed by atoms with van der Waals surface area (Å²) in [7, 11) is 0. The molecule has 0 atom stereocenters. The minimum absolute atomic E-state index is 0.953. The van der Waals surface area contributed by atoms with Crippen LogP contribution in [0, 0.1) is 13.8 Å². The topological polar surface area (TPSA) is 18.1 Å². The summed E-state index contributed by atoms with van der Waals surface area (Å²) in [4.78, 5) is 0. The Balaban J connectivity index is 1.83. The predicted molar refractivity (Wildman–Crippen MR) is 118 cm³/mol. The lowest BCUT2D eigenvalue weighted by Crippen LogP contribution is -1.93. The highest BCUT2D eigenvalue weighted by Gasteiger charge is 2.18. The van der Waals surface area contributed by atoms with Crippen LogP contribution in [0.5, 0.6) is 0 Å². The molecule has 2 heterocycles. The SMILES string of the molecule is Cc1ccc(-n2c3ccccc3c3c4oc5cc(C)ccc5c4ccc32)cc1. The summed E-state index contributed by atoms with van der Waals surface area (Å²) in [5.41, 5.74) is 7.95. The van der Waals surface area contributed by atoms with Gasteiger partial charge in [0.15, 0.2) is 0 Å². The monoisotopic (exact) mass is 361 g/mol. The summed E-state index contributed by atoms with van der Waals surface area (Å²) in [5.74, 6) is 0. The Bertz CT molecular complexity index is 1510. The Hall–Kier alpha value is -3.52. The Kier molecular flexibility index (Phi) is 3.05. The van der Waals surface area contributed by atoms with Gasteiger partial charge in [0, 0.05) is 21.8 Å². The van der Waals surface area contributed by atoms with E-state index in [1.807, 2.05) is 0 Å². The van der Waals surface area contributed by atoms with E-state index in [1.54, 1.807) is 0 Å². The van der Waals surface area contributed by atoms with Gasteiger partial charge in [0.05, 0.1) is 16.4 Å². The smallest absolute Gasteiger partial charge is 0.145 e. The number of benzene rings is 4. The fraction of sp³-hybridized carbons (Fsp3) is 0.0769. The molecule has 0 aliphatic rings. The van der Waals surface area contributed by atoms with Crippen molar-refractivity contribution >= 4 is 43.7 Å². The van der Waals surface area contributed by atoms with E-state index in [9.17, 15) is 0 Å². The number of hydrogen-bond donors (Lipinski definition) is 0. The number of aryl methyl sites for hydroxylation is 2. The molecule has 0 saturated heterocycles. The van der Waals surface area contributed by atoms with Crippen LogP contribution in [0.1, 0.15) is 11.1 Å². The summed E-state index contributed by atoms with van der Waals surface area (Å²) in [6.45, 7) is 4.22. The Labute approximate surface area is 162 Å². The van der Waals surface area contributed by atoms with Crippen molar-refractivity contribution in [2.45, 2.75) is 13.8 Å². The summed E-state index contributed by atoms with van der Waals surface area (Å²) in [6.07, 6.45) is 0. The molecule has 0 saturated carbocycles. The summed E-state index contributed by atoms with van der Waals surface area (Å²) in [6, 6.07) is 28.2. The van der Waals surface area contributed by atoms with Crippen LogP contribution < -0.4 is 0 Å². The van der Waals surface area contributed by atoms with Crippen LogP contribution in [0.15, 0.2) is 83.3 Å². The van der Waals surface area contributed by atoms with Gasteiger partial charge in [-0.3, -0.25) is 0 Å². The fourth-order valence-corrected chi connectivity index (χ4v) is 4.37. The zero-order chi connectivity index (χ0) is 18.8. The van der Waals surface area contributed by atoms with Crippen molar-refractivity contribution in [2.75, 3.05) is 0 Å². The second-order valence-corrected chi connectivity index (χ2v) is 7.63. The lowest BCUT2D eigenvalue weighted by atomic mass is 10.1. The molecule has 0 bridgehead atoms. The van der Waals surface area contributed by atoms with Gasteiger partial charge in [-0.05, 0) is 55.8 Å². The molecule has 2 heteroatoms. The third-order valence-corrected chi connectivity index (χ3v) is 5.72. The van der Waals surface area contributed by atoms with E-state index in [2.05, 4.69) is 97.3 Å². The Morgan fingerprint density at radius 2 is 1.39 bits per heavy atom. The van der Waals surface area contributed by atoms with Crippen molar-refractivity contribution in [3.05, 3.63) is 90.0 Å². The molecule has 6 rings (SSSR count). The van der Waals surface area contributed by atoms with Crippen LogP contribution in [0.3, 0.4) is 0 Å². The van der Waals surface area contributed by atoms with Crippen LogP contribution in [-0.4, -0.2) is 4.57 Å². The number of para-hydroxylation sites is 1. The molecule has 0 fully saturated rings. The Morgan fingerprint density at radius 1 is 0.643 bits per heavy atom. The van der Waals surface area contributed by atoms with Gasteiger partial charge in [0.1, 0.15) is 11.2 Å². The van der Waals surface area contributed by atoms with Gasteiger partial charge in [0.25, 0.3) is 0 Å². The molecule has 0 aliphatic heterocycles. The van der Waals surface area contributed by atoms with Crippen LogP contribution >= 0.6 is 0 Å². The number of hydrogen-bond acceptors (Lipinski definition) is 1. The maximum absolute atomic E-state index is 6.41. The molecule has 2 nitrogen and oxygen atoms in total. The first-order valence-electron chi connectivity index (χ1n) is 9.63. The second kappa shape index (κ2) is 5.49. The molecule has 0 aliphatic carbocycles. The summed E-state index contributed by atoms with van der Waals surface area (Å²) in [5, 5.41) is 4.76. The highest BCUT2D eigenvalue weighted by molar-refractivity contribution is 6.23. The van der Waals surface area contributed by atoms with Crippen molar-refractivity contribution < 1.29 is 4.42 Å². The van der Waals surface area contributed by atoms with E-state index in [0.717, 1.165) is 11.2 Å². The molecule has 0 unspecified atom stereocenters. The average molecular weight is 361 g/mol. The first-order chi connectivity index (χ1) is 13.7. The molecule has 0 N–H and O–H groups in total. The molecule has 134 valence electrons. The van der Waals surface area contributed by atoms with E-state index in [1.165, 1.54) is 49.4 Å². The fourth-order valence-electron chi connectivity index (χ4n) is 4.37. The third kappa shape index (κ3) is 2.03. The van der Waals surface area contributed by atoms with E-state index >= 15 is 0 Å². The maximum atomic E-state index is 6.41. The van der Waals surface area contributed by atoms with Gasteiger partial charge >= 0.3 is 0 Å². The number of rotatable bonds is 1. The molecule has 6 aromatic rings. The number of fused-ring (bicyclic) bond motifs is 7.